The van der Waals surface area contributed by atoms with E-state index in [-0.39, 0.29) is 18.2 Å². The summed E-state index contributed by atoms with van der Waals surface area (Å²) in [5.74, 6) is 3.26. The molecule has 3 aliphatic rings. The van der Waals surface area contributed by atoms with Crippen molar-refractivity contribution < 1.29 is 14.2 Å². The van der Waals surface area contributed by atoms with E-state index in [9.17, 15) is 0 Å². The van der Waals surface area contributed by atoms with Crippen molar-refractivity contribution in [1.29, 1.82) is 0 Å². The lowest BCUT2D eigenvalue weighted by molar-refractivity contribution is -0.108. The van der Waals surface area contributed by atoms with Gasteiger partial charge in [0.05, 0.1) is 20.3 Å². The summed E-state index contributed by atoms with van der Waals surface area (Å²) in [6.07, 6.45) is 5.40. The first-order valence-electron chi connectivity index (χ1n) is 10.9. The summed E-state index contributed by atoms with van der Waals surface area (Å²) >= 11 is 0. The first kappa shape index (κ1) is 20.0. The number of benzene rings is 1. The fourth-order valence-corrected chi connectivity index (χ4v) is 6.84. The molecule has 1 aromatic rings. The van der Waals surface area contributed by atoms with Gasteiger partial charge in [0.2, 0.25) is 0 Å². The Morgan fingerprint density at radius 1 is 1.04 bits per heavy atom. The second-order valence-corrected chi connectivity index (χ2v) is 10.4. The van der Waals surface area contributed by atoms with Gasteiger partial charge in [0.15, 0.2) is 0 Å². The van der Waals surface area contributed by atoms with Gasteiger partial charge in [-0.1, -0.05) is 34.1 Å². The predicted octanol–water partition coefficient (Wildman–Crippen LogP) is 4.96. The largest absolute Gasteiger partial charge is 0.497 e. The summed E-state index contributed by atoms with van der Waals surface area (Å²) in [5, 5.41) is 0. The monoisotopic (exact) mass is 387 g/mol. The molecule has 7 atom stereocenters. The van der Waals surface area contributed by atoms with Crippen LogP contribution in [0.1, 0.15) is 65.0 Å². The number of fused-ring (bicyclic) bond motifs is 1. The number of hydrogen-bond donors (Lipinski definition) is 1. The molecule has 0 spiro atoms. The third-order valence-electron chi connectivity index (χ3n) is 8.37. The zero-order chi connectivity index (χ0) is 20.3. The Balaban J connectivity index is 1.65. The maximum Gasteiger partial charge on any atom is 0.122 e. The first-order valence-corrected chi connectivity index (χ1v) is 10.9. The van der Waals surface area contributed by atoms with Crippen LogP contribution in [0, 0.1) is 28.6 Å². The molecule has 28 heavy (non-hydrogen) atoms. The molecule has 4 heteroatoms. The van der Waals surface area contributed by atoms with Crippen LogP contribution in [0.5, 0.6) is 11.5 Å². The molecule has 0 amide bonds. The Morgan fingerprint density at radius 3 is 2.29 bits per heavy atom. The van der Waals surface area contributed by atoms with E-state index in [1.165, 1.54) is 19.3 Å². The molecule has 0 bridgehead atoms. The topological polar surface area (TPSA) is 57.0 Å². The summed E-state index contributed by atoms with van der Waals surface area (Å²) < 4.78 is 17.3. The van der Waals surface area contributed by atoms with E-state index in [1.54, 1.807) is 14.2 Å². The van der Waals surface area contributed by atoms with E-state index >= 15 is 0 Å². The molecule has 4 nitrogen and oxygen atoms in total. The normalized spacial score (nSPS) is 41.8. The molecule has 1 heterocycles. The minimum atomic E-state index is 0.115. The van der Waals surface area contributed by atoms with Gasteiger partial charge in [-0.25, -0.2) is 0 Å². The third kappa shape index (κ3) is 3.13. The molecule has 1 aromatic carbocycles. The number of rotatable bonds is 4. The Labute approximate surface area is 170 Å². The minimum Gasteiger partial charge on any atom is -0.497 e. The van der Waals surface area contributed by atoms with Crippen molar-refractivity contribution in [1.82, 2.24) is 0 Å². The van der Waals surface area contributed by atoms with Gasteiger partial charge in [-0.05, 0) is 65.5 Å². The number of epoxide rings is 1. The van der Waals surface area contributed by atoms with Gasteiger partial charge in [-0.3, -0.25) is 0 Å². The van der Waals surface area contributed by atoms with Gasteiger partial charge in [0.1, 0.15) is 17.6 Å². The van der Waals surface area contributed by atoms with Crippen LogP contribution in [-0.2, 0) is 4.74 Å². The van der Waals surface area contributed by atoms with Crippen molar-refractivity contribution >= 4 is 0 Å². The molecule has 2 unspecified atom stereocenters. The third-order valence-corrected chi connectivity index (χ3v) is 8.37. The van der Waals surface area contributed by atoms with Gasteiger partial charge < -0.3 is 19.9 Å². The smallest absolute Gasteiger partial charge is 0.122 e. The van der Waals surface area contributed by atoms with E-state index in [2.05, 4.69) is 39.8 Å². The fraction of sp³-hybridized carbons (Fsp3) is 0.750. The Bertz CT molecular complexity index is 710. The standard InChI is InChI=1S/C24H37NO3/c1-14-18(25)13-19-23(2,3)8-7-9-24(19,4)20(14)22-21(28-22)15-10-16(26-5)12-17(11-15)27-6/h10-12,14,18-22H,7-9,13,25H2,1-6H3/t14-,18-,19+,20-,21?,22?,24+/m1/s1. The molecule has 1 aliphatic heterocycles. The fourth-order valence-electron chi connectivity index (χ4n) is 6.84. The first-order chi connectivity index (χ1) is 13.2. The van der Waals surface area contributed by atoms with Crippen LogP contribution in [0.2, 0.25) is 0 Å². The van der Waals surface area contributed by atoms with Crippen molar-refractivity contribution in [3.63, 3.8) is 0 Å². The maximum atomic E-state index is 6.70. The zero-order valence-electron chi connectivity index (χ0n) is 18.3. The number of methoxy groups -OCH3 is 2. The molecule has 4 rings (SSSR count). The maximum absolute atomic E-state index is 6.70. The molecule has 1 saturated heterocycles. The summed E-state index contributed by atoms with van der Waals surface area (Å²) in [7, 11) is 3.39. The van der Waals surface area contributed by atoms with Crippen LogP contribution in [0.4, 0.5) is 0 Å². The van der Waals surface area contributed by atoms with Crippen LogP contribution in [0.3, 0.4) is 0 Å². The van der Waals surface area contributed by atoms with Crippen LogP contribution in [0.25, 0.3) is 0 Å². The minimum absolute atomic E-state index is 0.115. The van der Waals surface area contributed by atoms with Crippen molar-refractivity contribution in [3.8, 4) is 11.5 Å². The van der Waals surface area contributed by atoms with Crippen LogP contribution >= 0.6 is 0 Å². The van der Waals surface area contributed by atoms with Crippen molar-refractivity contribution in [2.24, 2.45) is 34.3 Å². The van der Waals surface area contributed by atoms with Gasteiger partial charge in [-0.2, -0.15) is 0 Å². The van der Waals surface area contributed by atoms with Crippen LogP contribution < -0.4 is 15.2 Å². The number of ether oxygens (including phenoxy) is 3. The van der Waals surface area contributed by atoms with Crippen molar-refractivity contribution in [3.05, 3.63) is 23.8 Å². The summed E-state index contributed by atoms with van der Waals surface area (Å²) in [6, 6.07) is 6.35. The molecule has 0 aromatic heterocycles. The lowest BCUT2D eigenvalue weighted by Crippen LogP contribution is -2.58. The number of nitrogens with two attached hydrogens (primary N) is 1. The van der Waals surface area contributed by atoms with E-state index in [1.807, 2.05) is 6.07 Å². The zero-order valence-corrected chi connectivity index (χ0v) is 18.3. The lowest BCUT2D eigenvalue weighted by Gasteiger charge is -2.60. The van der Waals surface area contributed by atoms with Gasteiger partial charge >= 0.3 is 0 Å². The van der Waals surface area contributed by atoms with E-state index in [0.29, 0.717) is 28.6 Å². The quantitative estimate of drug-likeness (QED) is 0.742. The highest BCUT2D eigenvalue weighted by Gasteiger charge is 2.62. The summed E-state index contributed by atoms with van der Waals surface area (Å²) in [4.78, 5) is 0. The molecule has 2 saturated carbocycles. The second-order valence-electron chi connectivity index (χ2n) is 10.4. The SMILES string of the molecule is COc1cc(OC)cc(C2OC2[C@H]2[C@H](C)[C@H](N)C[C@H]3C(C)(C)CCC[C@]23C)c1. The lowest BCUT2D eigenvalue weighted by atomic mass is 9.45. The van der Waals surface area contributed by atoms with Crippen molar-refractivity contribution in [2.75, 3.05) is 14.2 Å². The highest BCUT2D eigenvalue weighted by atomic mass is 16.6. The second kappa shape index (κ2) is 6.91. The van der Waals surface area contributed by atoms with Crippen molar-refractivity contribution in [2.45, 2.75) is 71.6 Å². The molecule has 0 radical (unpaired) electrons. The summed E-state index contributed by atoms with van der Waals surface area (Å²) in [5.41, 5.74) is 8.50. The van der Waals surface area contributed by atoms with E-state index in [4.69, 9.17) is 19.9 Å². The average Bonchev–Trinajstić information content (AvgIpc) is 3.43. The van der Waals surface area contributed by atoms with Gasteiger partial charge in [0, 0.05) is 12.1 Å². The number of hydrogen-bond acceptors (Lipinski definition) is 4. The summed E-state index contributed by atoms with van der Waals surface area (Å²) in [6.45, 7) is 9.78. The predicted molar refractivity (Wildman–Crippen MR) is 112 cm³/mol. The van der Waals surface area contributed by atoms with E-state index < -0.39 is 0 Å². The molecule has 2 N–H and O–H groups in total. The molecule has 3 fully saturated rings. The Kier molecular flexibility index (Phi) is 4.95. The molecular weight excluding hydrogens is 350 g/mol. The Morgan fingerprint density at radius 2 is 1.68 bits per heavy atom. The van der Waals surface area contributed by atoms with E-state index in [0.717, 1.165) is 23.5 Å². The average molecular weight is 388 g/mol. The van der Waals surface area contributed by atoms with Crippen LogP contribution in [-0.4, -0.2) is 26.4 Å². The molecular formula is C24H37NO3. The Hall–Kier alpha value is -1.26. The highest BCUT2D eigenvalue weighted by molar-refractivity contribution is 5.41. The van der Waals surface area contributed by atoms with Gasteiger partial charge in [-0.15, -0.1) is 0 Å². The molecule has 2 aliphatic carbocycles. The molecule has 156 valence electrons. The highest BCUT2D eigenvalue weighted by Crippen LogP contribution is 2.65. The van der Waals surface area contributed by atoms with Crippen LogP contribution in [0.15, 0.2) is 18.2 Å². The van der Waals surface area contributed by atoms with Gasteiger partial charge in [0.25, 0.3) is 0 Å².